The fourth-order valence-corrected chi connectivity index (χ4v) is 2.75. The van der Waals surface area contributed by atoms with E-state index < -0.39 is 6.10 Å². The van der Waals surface area contributed by atoms with Crippen LogP contribution in [0.3, 0.4) is 0 Å². The lowest BCUT2D eigenvalue weighted by Gasteiger charge is -2.15. The highest BCUT2D eigenvalue weighted by Gasteiger charge is 2.23. The summed E-state index contributed by atoms with van der Waals surface area (Å²) in [6.45, 7) is 2.40. The van der Waals surface area contributed by atoms with Crippen molar-refractivity contribution in [2.24, 2.45) is 5.73 Å². The normalized spacial score (nSPS) is 22.9. The molecule has 1 fully saturated rings. The van der Waals surface area contributed by atoms with E-state index in [2.05, 4.69) is 11.9 Å². The van der Waals surface area contributed by atoms with Gasteiger partial charge in [-0.3, -0.25) is 0 Å². The molecule has 2 atom stereocenters. The number of benzene rings is 1. The molecular formula is C13H19ClN2O. The Hall–Kier alpha value is -0.610. The smallest absolute Gasteiger partial charge is 0.0912 e. The summed E-state index contributed by atoms with van der Waals surface area (Å²) < 4.78 is 0. The van der Waals surface area contributed by atoms with Crippen LogP contribution in [0.1, 0.15) is 29.6 Å². The quantitative estimate of drug-likeness (QED) is 0.864. The average molecular weight is 255 g/mol. The average Bonchev–Trinajstić information content (AvgIpc) is 2.74. The predicted octanol–water partition coefficient (Wildman–Crippen LogP) is 1.75. The van der Waals surface area contributed by atoms with Crippen LogP contribution in [0.5, 0.6) is 0 Å². The Balaban J connectivity index is 2.20. The van der Waals surface area contributed by atoms with Crippen molar-refractivity contribution >= 4 is 11.6 Å². The van der Waals surface area contributed by atoms with Crippen LogP contribution in [0.25, 0.3) is 0 Å². The van der Waals surface area contributed by atoms with Crippen molar-refractivity contribution in [2.75, 3.05) is 26.7 Å². The summed E-state index contributed by atoms with van der Waals surface area (Å²) in [6, 6.07) is 5.80. The molecule has 2 unspecified atom stereocenters. The van der Waals surface area contributed by atoms with E-state index >= 15 is 0 Å². The molecule has 0 spiro atoms. The van der Waals surface area contributed by atoms with Crippen molar-refractivity contribution in [3.63, 3.8) is 0 Å². The van der Waals surface area contributed by atoms with Crippen molar-refractivity contribution in [1.82, 2.24) is 4.90 Å². The van der Waals surface area contributed by atoms with Crippen LogP contribution < -0.4 is 5.73 Å². The summed E-state index contributed by atoms with van der Waals surface area (Å²) in [5.41, 5.74) is 7.42. The first kappa shape index (κ1) is 12.8. The number of aliphatic hydroxyl groups is 1. The zero-order chi connectivity index (χ0) is 12.4. The molecule has 3 nitrogen and oxygen atoms in total. The lowest BCUT2D eigenvalue weighted by Crippen LogP contribution is -2.14. The van der Waals surface area contributed by atoms with Gasteiger partial charge in [-0.25, -0.2) is 0 Å². The van der Waals surface area contributed by atoms with Gasteiger partial charge in [-0.1, -0.05) is 23.7 Å². The van der Waals surface area contributed by atoms with E-state index in [1.807, 2.05) is 18.2 Å². The van der Waals surface area contributed by atoms with Gasteiger partial charge >= 0.3 is 0 Å². The molecule has 1 aliphatic rings. The Morgan fingerprint density at radius 3 is 2.88 bits per heavy atom. The fourth-order valence-electron chi connectivity index (χ4n) is 2.41. The topological polar surface area (TPSA) is 49.5 Å². The summed E-state index contributed by atoms with van der Waals surface area (Å²) >= 11 is 6.29. The first-order chi connectivity index (χ1) is 8.11. The largest absolute Gasteiger partial charge is 0.387 e. The molecule has 4 heteroatoms. The van der Waals surface area contributed by atoms with E-state index in [0.717, 1.165) is 30.1 Å². The Morgan fingerprint density at radius 1 is 1.59 bits per heavy atom. The van der Waals surface area contributed by atoms with E-state index in [1.165, 1.54) is 5.56 Å². The number of nitrogens with two attached hydrogens (primary N) is 1. The van der Waals surface area contributed by atoms with Gasteiger partial charge in [0, 0.05) is 18.1 Å². The maximum atomic E-state index is 9.66. The predicted molar refractivity (Wildman–Crippen MR) is 70.3 cm³/mol. The Labute approximate surface area is 107 Å². The summed E-state index contributed by atoms with van der Waals surface area (Å²) in [5.74, 6) is 0.511. The third-order valence-electron chi connectivity index (χ3n) is 3.46. The molecule has 94 valence electrons. The van der Waals surface area contributed by atoms with Crippen LogP contribution in [-0.4, -0.2) is 36.7 Å². The molecule has 1 heterocycles. The van der Waals surface area contributed by atoms with E-state index in [4.69, 9.17) is 17.3 Å². The van der Waals surface area contributed by atoms with Crippen LogP contribution in [0.4, 0.5) is 0 Å². The molecular weight excluding hydrogens is 236 g/mol. The number of nitrogens with zero attached hydrogens (tertiary/aromatic N) is 1. The highest BCUT2D eigenvalue weighted by Crippen LogP contribution is 2.32. The van der Waals surface area contributed by atoms with Crippen LogP contribution in [-0.2, 0) is 0 Å². The maximum absolute atomic E-state index is 9.66. The number of likely N-dealkylation sites (tertiary alicyclic amines) is 1. The number of halogens is 1. The molecule has 1 saturated heterocycles. The molecule has 0 saturated carbocycles. The Kier molecular flexibility index (Phi) is 4.05. The third kappa shape index (κ3) is 2.80. The molecule has 0 radical (unpaired) electrons. The molecule has 3 N–H and O–H groups in total. The van der Waals surface area contributed by atoms with Gasteiger partial charge < -0.3 is 15.7 Å². The zero-order valence-electron chi connectivity index (χ0n) is 10.1. The summed E-state index contributed by atoms with van der Waals surface area (Å²) in [7, 11) is 2.13. The van der Waals surface area contributed by atoms with Crippen molar-refractivity contribution in [2.45, 2.75) is 18.4 Å². The van der Waals surface area contributed by atoms with E-state index in [1.54, 1.807) is 0 Å². The van der Waals surface area contributed by atoms with Crippen LogP contribution >= 0.6 is 11.6 Å². The highest BCUT2D eigenvalue weighted by atomic mass is 35.5. The number of rotatable bonds is 3. The molecule has 17 heavy (non-hydrogen) atoms. The number of hydrogen-bond acceptors (Lipinski definition) is 3. The summed E-state index contributed by atoms with van der Waals surface area (Å²) in [5, 5.41) is 10.4. The van der Waals surface area contributed by atoms with Gasteiger partial charge in [-0.2, -0.15) is 0 Å². The van der Waals surface area contributed by atoms with Crippen molar-refractivity contribution in [3.8, 4) is 0 Å². The van der Waals surface area contributed by atoms with Crippen LogP contribution in [0.2, 0.25) is 5.02 Å². The van der Waals surface area contributed by atoms with Crippen LogP contribution in [0, 0.1) is 0 Å². The molecule has 1 aromatic carbocycles. The van der Waals surface area contributed by atoms with Gasteiger partial charge in [0.1, 0.15) is 0 Å². The van der Waals surface area contributed by atoms with Gasteiger partial charge in [0.2, 0.25) is 0 Å². The monoisotopic (exact) mass is 254 g/mol. The molecule has 0 aliphatic carbocycles. The highest BCUT2D eigenvalue weighted by molar-refractivity contribution is 6.31. The minimum Gasteiger partial charge on any atom is -0.387 e. The number of likely N-dealkylation sites (N-methyl/N-ethyl adjacent to an activating group) is 1. The van der Waals surface area contributed by atoms with Crippen molar-refractivity contribution in [1.29, 1.82) is 0 Å². The first-order valence-corrected chi connectivity index (χ1v) is 6.35. The van der Waals surface area contributed by atoms with Crippen molar-refractivity contribution in [3.05, 3.63) is 34.3 Å². The zero-order valence-corrected chi connectivity index (χ0v) is 10.8. The number of aliphatic hydroxyl groups excluding tert-OH is 1. The lowest BCUT2D eigenvalue weighted by molar-refractivity contribution is 0.186. The molecule has 1 aliphatic heterocycles. The molecule has 1 aromatic rings. The van der Waals surface area contributed by atoms with Gasteiger partial charge in [0.15, 0.2) is 0 Å². The van der Waals surface area contributed by atoms with Crippen LogP contribution in [0.15, 0.2) is 18.2 Å². The molecule has 0 bridgehead atoms. The first-order valence-electron chi connectivity index (χ1n) is 5.98. The second-order valence-electron chi connectivity index (χ2n) is 4.78. The van der Waals surface area contributed by atoms with E-state index in [0.29, 0.717) is 5.92 Å². The third-order valence-corrected chi connectivity index (χ3v) is 3.79. The number of hydrogen-bond donors (Lipinski definition) is 2. The maximum Gasteiger partial charge on any atom is 0.0912 e. The van der Waals surface area contributed by atoms with Crippen molar-refractivity contribution < 1.29 is 5.11 Å². The summed E-state index contributed by atoms with van der Waals surface area (Å²) in [6.07, 6.45) is 0.530. The minimum atomic E-state index is -0.618. The van der Waals surface area contributed by atoms with Gasteiger partial charge in [-0.05, 0) is 43.1 Å². The summed E-state index contributed by atoms with van der Waals surface area (Å²) in [4.78, 5) is 2.31. The Morgan fingerprint density at radius 2 is 2.35 bits per heavy atom. The van der Waals surface area contributed by atoms with Gasteiger partial charge in [0.25, 0.3) is 0 Å². The van der Waals surface area contributed by atoms with Gasteiger partial charge in [-0.15, -0.1) is 0 Å². The van der Waals surface area contributed by atoms with Gasteiger partial charge in [0.05, 0.1) is 6.10 Å². The molecule has 0 amide bonds. The minimum absolute atomic E-state index is 0.224. The second kappa shape index (κ2) is 5.36. The standard InChI is InChI=1S/C13H19ClN2O/c1-16-5-4-10(8-16)11-3-2-9(6-12(11)14)13(17)7-15/h2-3,6,10,13,17H,4-5,7-8,15H2,1H3. The Bertz CT molecular complexity index is 397. The fraction of sp³-hybridized carbons (Fsp3) is 0.538. The second-order valence-corrected chi connectivity index (χ2v) is 5.19. The SMILES string of the molecule is CN1CCC(c2ccc(C(O)CN)cc2Cl)C1. The van der Waals surface area contributed by atoms with E-state index in [9.17, 15) is 5.11 Å². The molecule has 0 aromatic heterocycles. The lowest BCUT2D eigenvalue weighted by atomic mass is 9.96. The van der Waals surface area contributed by atoms with E-state index in [-0.39, 0.29) is 6.54 Å². The molecule has 2 rings (SSSR count).